The molecule has 1 N–H and O–H groups in total. The molecule has 0 bridgehead atoms. The summed E-state index contributed by atoms with van der Waals surface area (Å²) in [6.07, 6.45) is 5.17. The Morgan fingerprint density at radius 2 is 1.73 bits per heavy atom. The molecule has 0 unspecified atom stereocenters. The zero-order valence-electron chi connectivity index (χ0n) is 19.8. The van der Waals surface area contributed by atoms with Crippen LogP contribution in [0.1, 0.15) is 48.7 Å². The summed E-state index contributed by atoms with van der Waals surface area (Å²) in [5.74, 6) is 1.27. The third-order valence-corrected chi connectivity index (χ3v) is 5.87. The maximum Gasteiger partial charge on any atom is 0.258 e. The van der Waals surface area contributed by atoms with Crippen LogP contribution < -0.4 is 19.5 Å². The number of hydrogen-bond acceptors (Lipinski definition) is 5. The first kappa shape index (κ1) is 24.2. The molecule has 2 aromatic rings. The minimum atomic E-state index is -0.693. The quantitative estimate of drug-likeness (QED) is 0.709. The molecule has 176 valence electrons. The molecule has 0 spiro atoms. The molecule has 3 rings (SSSR count). The largest absolute Gasteiger partial charge is 0.497 e. The molecule has 0 aliphatic carbocycles. The Balaban J connectivity index is 1.96. The van der Waals surface area contributed by atoms with Crippen molar-refractivity contribution in [3.05, 3.63) is 65.7 Å². The van der Waals surface area contributed by atoms with Gasteiger partial charge in [-0.1, -0.05) is 24.3 Å². The Labute approximate surface area is 195 Å². The summed E-state index contributed by atoms with van der Waals surface area (Å²) in [7, 11) is 4.81. The summed E-state index contributed by atoms with van der Waals surface area (Å²) in [4.78, 5) is 27.8. The zero-order chi connectivity index (χ0) is 24.0. The Bertz CT molecular complexity index is 1020. The van der Waals surface area contributed by atoms with Crippen LogP contribution in [0, 0.1) is 0 Å². The van der Waals surface area contributed by atoms with Crippen molar-refractivity contribution in [2.75, 3.05) is 21.3 Å². The predicted octanol–water partition coefficient (Wildman–Crippen LogP) is 4.14. The van der Waals surface area contributed by atoms with Crippen LogP contribution in [-0.2, 0) is 4.79 Å². The first-order valence-corrected chi connectivity index (χ1v) is 11.1. The Hall–Kier alpha value is -3.48. The van der Waals surface area contributed by atoms with E-state index >= 15 is 0 Å². The monoisotopic (exact) mass is 452 g/mol. The molecule has 7 nitrogen and oxygen atoms in total. The topological polar surface area (TPSA) is 77.1 Å². The van der Waals surface area contributed by atoms with Crippen LogP contribution in [0.5, 0.6) is 17.2 Å². The van der Waals surface area contributed by atoms with Gasteiger partial charge < -0.3 is 24.4 Å². The first-order valence-electron chi connectivity index (χ1n) is 11.1. The number of hydrogen-bond donors (Lipinski definition) is 1. The highest BCUT2D eigenvalue weighted by molar-refractivity contribution is 5.99. The number of nitrogens with one attached hydrogen (secondary N) is 1. The van der Waals surface area contributed by atoms with Crippen LogP contribution in [0.3, 0.4) is 0 Å². The summed E-state index contributed by atoms with van der Waals surface area (Å²) >= 11 is 0. The molecule has 1 aliphatic heterocycles. The Morgan fingerprint density at radius 1 is 1.00 bits per heavy atom. The number of ether oxygens (including phenoxy) is 3. The lowest BCUT2D eigenvalue weighted by Gasteiger charge is -2.28. The molecule has 7 heteroatoms. The maximum absolute atomic E-state index is 13.2. The summed E-state index contributed by atoms with van der Waals surface area (Å²) in [5.41, 5.74) is 1.26. The molecule has 2 amide bonds. The smallest absolute Gasteiger partial charge is 0.258 e. The highest BCUT2D eigenvalue weighted by Gasteiger charge is 2.28. The Kier molecular flexibility index (Phi) is 7.98. The standard InChI is InChI=1S/C26H32N2O5/c1-17-10-6-8-12-22(20-15-14-19(31-4)16-24(20)32-5)27-25(29)18(2)28(3)26(30)21-11-7-9-13-23(21)33-17/h6-9,11,13-18,22H,10,12H2,1-5H3,(H,27,29)/b8-6-/t17-,18+,22+/m1/s1. The highest BCUT2D eigenvalue weighted by Crippen LogP contribution is 2.32. The van der Waals surface area contributed by atoms with E-state index < -0.39 is 6.04 Å². The molecular weight excluding hydrogens is 420 g/mol. The number of carbonyl (C=O) groups excluding carboxylic acids is 2. The molecule has 2 aromatic carbocycles. The minimum absolute atomic E-state index is 0.121. The average molecular weight is 453 g/mol. The third kappa shape index (κ3) is 5.66. The van der Waals surface area contributed by atoms with Gasteiger partial charge in [-0.25, -0.2) is 0 Å². The van der Waals surface area contributed by atoms with Gasteiger partial charge >= 0.3 is 0 Å². The van der Waals surface area contributed by atoms with E-state index in [9.17, 15) is 9.59 Å². The van der Waals surface area contributed by atoms with Gasteiger partial charge in [-0.15, -0.1) is 0 Å². The molecule has 33 heavy (non-hydrogen) atoms. The van der Waals surface area contributed by atoms with Crippen molar-refractivity contribution in [3.8, 4) is 17.2 Å². The van der Waals surface area contributed by atoms with Gasteiger partial charge in [0.25, 0.3) is 5.91 Å². The SMILES string of the molecule is COc1ccc([C@@H]2C/C=C\C[C@@H](C)Oc3ccccc3C(=O)N(C)[C@@H](C)C(=O)N2)c(OC)c1. The van der Waals surface area contributed by atoms with Crippen molar-refractivity contribution in [1.29, 1.82) is 0 Å². The number of para-hydroxylation sites is 1. The lowest BCUT2D eigenvalue weighted by molar-refractivity contribution is -0.125. The van der Waals surface area contributed by atoms with Gasteiger partial charge in [0.05, 0.1) is 31.9 Å². The van der Waals surface area contributed by atoms with E-state index in [4.69, 9.17) is 14.2 Å². The second kappa shape index (κ2) is 10.9. The van der Waals surface area contributed by atoms with E-state index in [-0.39, 0.29) is 24.0 Å². The molecular formula is C26H32N2O5. The van der Waals surface area contributed by atoms with Crippen LogP contribution >= 0.6 is 0 Å². The van der Waals surface area contributed by atoms with Crippen molar-refractivity contribution < 1.29 is 23.8 Å². The number of benzene rings is 2. The van der Waals surface area contributed by atoms with Gasteiger partial charge in [-0.2, -0.15) is 0 Å². The van der Waals surface area contributed by atoms with Gasteiger partial charge in [0.15, 0.2) is 0 Å². The fourth-order valence-corrected chi connectivity index (χ4v) is 3.74. The number of likely N-dealkylation sites (N-methyl/N-ethyl adjacent to an activating group) is 1. The van der Waals surface area contributed by atoms with Gasteiger partial charge in [0, 0.05) is 25.1 Å². The van der Waals surface area contributed by atoms with E-state index in [2.05, 4.69) is 5.32 Å². The molecule has 0 aromatic heterocycles. The first-order chi connectivity index (χ1) is 15.8. The van der Waals surface area contributed by atoms with E-state index in [1.165, 1.54) is 4.90 Å². The molecule has 0 saturated carbocycles. The van der Waals surface area contributed by atoms with Crippen molar-refractivity contribution in [2.45, 2.75) is 44.9 Å². The van der Waals surface area contributed by atoms with Gasteiger partial charge in [-0.3, -0.25) is 9.59 Å². The van der Waals surface area contributed by atoms with E-state index in [1.807, 2.05) is 37.3 Å². The zero-order valence-corrected chi connectivity index (χ0v) is 19.8. The number of rotatable bonds is 3. The number of methoxy groups -OCH3 is 2. The third-order valence-electron chi connectivity index (χ3n) is 5.87. The summed E-state index contributed by atoms with van der Waals surface area (Å²) in [5, 5.41) is 3.10. The van der Waals surface area contributed by atoms with Crippen molar-refractivity contribution in [1.82, 2.24) is 10.2 Å². The fraction of sp³-hybridized carbons (Fsp3) is 0.385. The van der Waals surface area contributed by atoms with E-state index in [0.29, 0.717) is 35.7 Å². The number of carbonyl (C=O) groups is 2. The predicted molar refractivity (Wildman–Crippen MR) is 127 cm³/mol. The van der Waals surface area contributed by atoms with Crippen molar-refractivity contribution in [2.24, 2.45) is 0 Å². The van der Waals surface area contributed by atoms with Crippen molar-refractivity contribution in [3.63, 3.8) is 0 Å². The van der Waals surface area contributed by atoms with Crippen LogP contribution in [0.4, 0.5) is 0 Å². The van der Waals surface area contributed by atoms with Crippen LogP contribution in [0.15, 0.2) is 54.6 Å². The molecule has 1 aliphatic rings. The number of amides is 2. The van der Waals surface area contributed by atoms with Crippen LogP contribution in [0.2, 0.25) is 0 Å². The number of fused-ring (bicyclic) bond motifs is 1. The van der Waals surface area contributed by atoms with E-state index in [0.717, 1.165) is 5.56 Å². The molecule has 0 fully saturated rings. The van der Waals surface area contributed by atoms with Gasteiger partial charge in [0.2, 0.25) is 5.91 Å². The van der Waals surface area contributed by atoms with Crippen LogP contribution in [0.25, 0.3) is 0 Å². The van der Waals surface area contributed by atoms with Gasteiger partial charge in [-0.05, 0) is 44.5 Å². The fourth-order valence-electron chi connectivity index (χ4n) is 3.74. The van der Waals surface area contributed by atoms with Gasteiger partial charge in [0.1, 0.15) is 23.3 Å². The van der Waals surface area contributed by atoms with Crippen LogP contribution in [-0.4, -0.2) is 50.1 Å². The molecule has 0 radical (unpaired) electrons. The highest BCUT2D eigenvalue weighted by atomic mass is 16.5. The number of nitrogens with zero attached hydrogens (tertiary/aromatic N) is 1. The summed E-state index contributed by atoms with van der Waals surface area (Å²) < 4.78 is 16.9. The minimum Gasteiger partial charge on any atom is -0.497 e. The van der Waals surface area contributed by atoms with E-state index in [1.54, 1.807) is 52.5 Å². The Morgan fingerprint density at radius 3 is 2.45 bits per heavy atom. The molecule has 1 heterocycles. The maximum atomic E-state index is 13.2. The lowest BCUT2D eigenvalue weighted by atomic mass is 10.0. The van der Waals surface area contributed by atoms with Crippen molar-refractivity contribution >= 4 is 11.8 Å². The molecule has 3 atom stereocenters. The lowest BCUT2D eigenvalue weighted by Crippen LogP contribution is -2.47. The second-order valence-electron chi connectivity index (χ2n) is 8.13. The average Bonchev–Trinajstić information content (AvgIpc) is 2.83. The summed E-state index contributed by atoms with van der Waals surface area (Å²) in [6.45, 7) is 3.68. The second-order valence-corrected chi connectivity index (χ2v) is 8.13. The normalized spacial score (nSPS) is 22.9. The summed E-state index contributed by atoms with van der Waals surface area (Å²) in [6, 6.07) is 11.6. The molecule has 0 saturated heterocycles.